The first kappa shape index (κ1) is 28.1. The first-order valence-electron chi connectivity index (χ1n) is 11.8. The summed E-state index contributed by atoms with van der Waals surface area (Å²) in [5.74, 6) is -0.371. The number of hydrogen-bond acceptors (Lipinski definition) is 9. The second kappa shape index (κ2) is 17.3. The van der Waals surface area contributed by atoms with Crippen LogP contribution in [0.5, 0.6) is 0 Å². The highest BCUT2D eigenvalue weighted by atomic mass is 16.6. The maximum absolute atomic E-state index is 10.8. The molecule has 33 heavy (non-hydrogen) atoms. The zero-order valence-electron chi connectivity index (χ0n) is 19.8. The molecule has 0 amide bonds. The Kier molecular flexibility index (Phi) is 14.7. The SMILES string of the molecule is CC(C(O)CN1CCOCCOCCOCCOCCOCC1)C(O)c1ccc(CO)cc1. The van der Waals surface area contributed by atoms with Crippen LogP contribution in [0.25, 0.3) is 0 Å². The van der Waals surface area contributed by atoms with Gasteiger partial charge < -0.3 is 39.0 Å². The lowest BCUT2D eigenvalue weighted by Gasteiger charge is -2.30. The van der Waals surface area contributed by atoms with Crippen LogP contribution in [-0.4, -0.2) is 112 Å². The minimum absolute atomic E-state index is 0.0413. The minimum atomic E-state index is -0.807. The topological polar surface area (TPSA) is 110 Å². The van der Waals surface area contributed by atoms with Gasteiger partial charge in [0.05, 0.1) is 84.9 Å². The van der Waals surface area contributed by atoms with Crippen LogP contribution in [0, 0.1) is 5.92 Å². The summed E-state index contributed by atoms with van der Waals surface area (Å²) in [5, 5.41) is 30.7. The van der Waals surface area contributed by atoms with Crippen molar-refractivity contribution in [1.82, 2.24) is 4.90 Å². The summed E-state index contributed by atoms with van der Waals surface area (Å²) in [6.45, 7) is 8.57. The van der Waals surface area contributed by atoms with E-state index in [0.29, 0.717) is 85.7 Å². The van der Waals surface area contributed by atoms with Crippen molar-refractivity contribution in [2.24, 2.45) is 5.92 Å². The number of ether oxygens (including phenoxy) is 5. The fraction of sp³-hybridized carbons (Fsp3) is 0.750. The second-order valence-corrected chi connectivity index (χ2v) is 8.13. The molecule has 1 heterocycles. The highest BCUT2D eigenvalue weighted by Crippen LogP contribution is 2.25. The third-order valence-corrected chi connectivity index (χ3v) is 5.65. The molecule has 1 aliphatic heterocycles. The molecule has 0 saturated carbocycles. The molecule has 0 radical (unpaired) electrons. The van der Waals surface area contributed by atoms with Crippen LogP contribution in [0.2, 0.25) is 0 Å². The number of β-amino-alcohol motifs (C(OH)–C–C–N with tert-alkyl or cyclic N) is 1. The molecule has 190 valence electrons. The number of benzene rings is 1. The number of nitrogens with zero attached hydrogens (tertiary/aromatic N) is 1. The Bertz CT molecular complexity index is 585. The molecule has 9 nitrogen and oxygen atoms in total. The van der Waals surface area contributed by atoms with Gasteiger partial charge in [-0.1, -0.05) is 31.2 Å². The molecule has 3 atom stereocenters. The Labute approximate surface area is 197 Å². The summed E-state index contributed by atoms with van der Waals surface area (Å²) in [4.78, 5) is 2.08. The van der Waals surface area contributed by atoms with E-state index in [9.17, 15) is 15.3 Å². The van der Waals surface area contributed by atoms with Gasteiger partial charge >= 0.3 is 0 Å². The van der Waals surface area contributed by atoms with Crippen molar-refractivity contribution in [2.45, 2.75) is 25.7 Å². The predicted octanol–water partition coefficient (Wildman–Crippen LogP) is 0.608. The molecule has 1 fully saturated rings. The molecule has 1 saturated heterocycles. The van der Waals surface area contributed by atoms with Crippen molar-refractivity contribution < 1.29 is 39.0 Å². The summed E-state index contributed by atoms with van der Waals surface area (Å²) in [5.41, 5.74) is 1.50. The van der Waals surface area contributed by atoms with E-state index in [2.05, 4.69) is 4.90 Å². The molecule has 0 spiro atoms. The highest BCUT2D eigenvalue weighted by molar-refractivity contribution is 5.24. The fourth-order valence-electron chi connectivity index (χ4n) is 3.43. The largest absolute Gasteiger partial charge is 0.392 e. The van der Waals surface area contributed by atoms with Crippen molar-refractivity contribution in [1.29, 1.82) is 0 Å². The van der Waals surface area contributed by atoms with Crippen LogP contribution < -0.4 is 0 Å². The predicted molar refractivity (Wildman–Crippen MR) is 123 cm³/mol. The van der Waals surface area contributed by atoms with Gasteiger partial charge in [-0.2, -0.15) is 0 Å². The van der Waals surface area contributed by atoms with Gasteiger partial charge in [-0.3, -0.25) is 4.90 Å². The molecule has 9 heteroatoms. The van der Waals surface area contributed by atoms with E-state index in [1.54, 1.807) is 24.3 Å². The van der Waals surface area contributed by atoms with Gasteiger partial charge in [0.2, 0.25) is 0 Å². The maximum Gasteiger partial charge on any atom is 0.0840 e. The van der Waals surface area contributed by atoms with Gasteiger partial charge in [-0.15, -0.1) is 0 Å². The standard InChI is InChI=1S/C24H41NO8/c1-20(24(28)22-4-2-21(19-26)3-5-22)23(27)18-25-6-8-29-10-12-31-14-16-33-17-15-32-13-11-30-9-7-25/h2-5,20,23-24,26-28H,6-19H2,1H3. The molecular formula is C24H41NO8. The van der Waals surface area contributed by atoms with Crippen molar-refractivity contribution in [3.05, 3.63) is 35.4 Å². The lowest BCUT2D eigenvalue weighted by atomic mass is 9.91. The lowest BCUT2D eigenvalue weighted by molar-refractivity contribution is -0.0286. The number of hydrogen-bond donors (Lipinski definition) is 3. The first-order chi connectivity index (χ1) is 16.1. The van der Waals surface area contributed by atoms with Gasteiger partial charge in [0.25, 0.3) is 0 Å². The molecule has 3 N–H and O–H groups in total. The number of rotatable bonds is 6. The van der Waals surface area contributed by atoms with E-state index < -0.39 is 12.2 Å². The maximum atomic E-state index is 10.8. The molecule has 0 aliphatic carbocycles. The average molecular weight is 472 g/mol. The quantitative estimate of drug-likeness (QED) is 0.550. The van der Waals surface area contributed by atoms with E-state index in [1.165, 1.54) is 0 Å². The molecule has 1 aromatic carbocycles. The summed E-state index contributed by atoms with van der Waals surface area (Å²) in [6.07, 6.45) is -1.54. The average Bonchev–Trinajstić information content (AvgIpc) is 2.84. The molecule has 3 unspecified atom stereocenters. The Morgan fingerprint density at radius 3 is 1.58 bits per heavy atom. The van der Waals surface area contributed by atoms with E-state index >= 15 is 0 Å². The third-order valence-electron chi connectivity index (χ3n) is 5.65. The molecule has 1 aliphatic rings. The van der Waals surface area contributed by atoms with Crippen molar-refractivity contribution >= 4 is 0 Å². The van der Waals surface area contributed by atoms with Crippen LogP contribution in [0.15, 0.2) is 24.3 Å². The second-order valence-electron chi connectivity index (χ2n) is 8.13. The van der Waals surface area contributed by atoms with Crippen LogP contribution in [0.4, 0.5) is 0 Å². The summed E-state index contributed by atoms with van der Waals surface area (Å²) in [7, 11) is 0. The zero-order chi connectivity index (χ0) is 23.7. The number of aliphatic hydroxyl groups excluding tert-OH is 3. The van der Waals surface area contributed by atoms with Crippen LogP contribution >= 0.6 is 0 Å². The lowest BCUT2D eigenvalue weighted by Crippen LogP contribution is -2.41. The van der Waals surface area contributed by atoms with Crippen LogP contribution in [0.3, 0.4) is 0 Å². The fourth-order valence-corrected chi connectivity index (χ4v) is 3.43. The monoisotopic (exact) mass is 471 g/mol. The third kappa shape index (κ3) is 11.7. The van der Waals surface area contributed by atoms with E-state index in [4.69, 9.17) is 23.7 Å². The van der Waals surface area contributed by atoms with Crippen molar-refractivity contribution in [2.75, 3.05) is 85.7 Å². The summed E-state index contributed by atoms with van der Waals surface area (Å²) < 4.78 is 27.7. The van der Waals surface area contributed by atoms with E-state index in [1.807, 2.05) is 6.92 Å². The van der Waals surface area contributed by atoms with Crippen molar-refractivity contribution in [3.8, 4) is 0 Å². The van der Waals surface area contributed by atoms with Gasteiger partial charge in [0, 0.05) is 25.6 Å². The molecule has 1 aromatic rings. The van der Waals surface area contributed by atoms with Gasteiger partial charge in [0.1, 0.15) is 0 Å². The van der Waals surface area contributed by atoms with Crippen molar-refractivity contribution in [3.63, 3.8) is 0 Å². The van der Waals surface area contributed by atoms with Crippen LogP contribution in [0.1, 0.15) is 24.2 Å². The number of aliphatic hydroxyl groups is 3. The Morgan fingerprint density at radius 1 is 0.727 bits per heavy atom. The highest BCUT2D eigenvalue weighted by Gasteiger charge is 2.25. The molecule has 0 bridgehead atoms. The Morgan fingerprint density at radius 2 is 1.15 bits per heavy atom. The van der Waals surface area contributed by atoms with E-state index in [-0.39, 0.29) is 12.5 Å². The normalized spacial score (nSPS) is 22.1. The Hall–Kier alpha value is -1.14. The molecular weight excluding hydrogens is 430 g/mol. The van der Waals surface area contributed by atoms with Gasteiger partial charge in [-0.05, 0) is 11.1 Å². The first-order valence-corrected chi connectivity index (χ1v) is 11.8. The van der Waals surface area contributed by atoms with Gasteiger partial charge in [-0.25, -0.2) is 0 Å². The molecule has 2 rings (SSSR count). The zero-order valence-corrected chi connectivity index (χ0v) is 19.8. The smallest absolute Gasteiger partial charge is 0.0840 e. The van der Waals surface area contributed by atoms with Crippen LogP contribution in [-0.2, 0) is 30.3 Å². The molecule has 0 aromatic heterocycles. The Balaban J connectivity index is 1.84. The van der Waals surface area contributed by atoms with E-state index in [0.717, 1.165) is 11.1 Å². The summed E-state index contributed by atoms with van der Waals surface area (Å²) >= 11 is 0. The van der Waals surface area contributed by atoms with Gasteiger partial charge in [0.15, 0.2) is 0 Å². The minimum Gasteiger partial charge on any atom is -0.392 e. The summed E-state index contributed by atoms with van der Waals surface area (Å²) in [6, 6.07) is 7.13.